The highest BCUT2D eigenvalue weighted by Crippen LogP contribution is 2.62. The van der Waals surface area contributed by atoms with Crippen molar-refractivity contribution in [3.8, 4) is 0 Å². The van der Waals surface area contributed by atoms with E-state index >= 15 is 0 Å². The SMILES string of the molecule is Cc1ccc(NC(c2ccccc2)P(=O)(OC(C)C)OC(C)C)cc1[N+](=O)[O-]. The lowest BCUT2D eigenvalue weighted by Gasteiger charge is -2.31. The van der Waals surface area contributed by atoms with Gasteiger partial charge >= 0.3 is 7.60 Å². The summed E-state index contributed by atoms with van der Waals surface area (Å²) in [6.07, 6.45) is -0.658. The number of hydrogen-bond acceptors (Lipinski definition) is 6. The van der Waals surface area contributed by atoms with Crippen molar-refractivity contribution in [2.75, 3.05) is 5.32 Å². The van der Waals surface area contributed by atoms with Crippen LogP contribution in [0.5, 0.6) is 0 Å². The van der Waals surface area contributed by atoms with E-state index in [1.54, 1.807) is 46.8 Å². The predicted molar refractivity (Wildman–Crippen MR) is 111 cm³/mol. The van der Waals surface area contributed by atoms with Gasteiger partial charge in [-0.3, -0.25) is 14.7 Å². The van der Waals surface area contributed by atoms with Gasteiger partial charge in [0.2, 0.25) is 0 Å². The molecule has 7 nitrogen and oxygen atoms in total. The number of nitro groups is 1. The molecule has 1 unspecified atom stereocenters. The maximum atomic E-state index is 13.8. The number of hydrogen-bond donors (Lipinski definition) is 1. The van der Waals surface area contributed by atoms with E-state index in [0.717, 1.165) is 0 Å². The number of anilines is 1. The fraction of sp³-hybridized carbons (Fsp3) is 0.400. The molecule has 152 valence electrons. The van der Waals surface area contributed by atoms with Crippen molar-refractivity contribution in [1.29, 1.82) is 0 Å². The minimum absolute atomic E-state index is 0.0128. The van der Waals surface area contributed by atoms with Gasteiger partial charge in [-0.15, -0.1) is 0 Å². The number of nitrogens with zero attached hydrogens (tertiary/aromatic N) is 1. The van der Waals surface area contributed by atoms with Crippen LogP contribution in [0.25, 0.3) is 0 Å². The van der Waals surface area contributed by atoms with Crippen molar-refractivity contribution in [3.05, 3.63) is 69.8 Å². The first-order chi connectivity index (χ1) is 13.1. The molecule has 0 aromatic heterocycles. The van der Waals surface area contributed by atoms with Crippen LogP contribution in [0.4, 0.5) is 11.4 Å². The lowest BCUT2D eigenvalue weighted by atomic mass is 10.1. The molecule has 0 spiro atoms. The van der Waals surface area contributed by atoms with Crippen molar-refractivity contribution in [2.24, 2.45) is 0 Å². The molecule has 0 fully saturated rings. The van der Waals surface area contributed by atoms with Crippen molar-refractivity contribution >= 4 is 19.0 Å². The van der Waals surface area contributed by atoms with Crippen molar-refractivity contribution in [2.45, 2.75) is 52.6 Å². The molecular weight excluding hydrogens is 379 g/mol. The predicted octanol–water partition coefficient (Wildman–Crippen LogP) is 6.06. The first kappa shape index (κ1) is 22.1. The molecule has 0 aliphatic rings. The maximum absolute atomic E-state index is 13.8. The van der Waals surface area contributed by atoms with Crippen LogP contribution in [0.1, 0.15) is 44.6 Å². The summed E-state index contributed by atoms with van der Waals surface area (Å²) in [5.41, 5.74) is 1.70. The Morgan fingerprint density at radius 3 is 2.07 bits per heavy atom. The molecule has 0 heterocycles. The summed E-state index contributed by atoms with van der Waals surface area (Å²) in [6, 6.07) is 14.0. The quantitative estimate of drug-likeness (QED) is 0.309. The lowest BCUT2D eigenvalue weighted by Crippen LogP contribution is -2.19. The Bertz CT molecular complexity index is 841. The van der Waals surface area contributed by atoms with Gasteiger partial charge in [-0.1, -0.05) is 36.4 Å². The van der Waals surface area contributed by atoms with Gasteiger partial charge in [-0.2, -0.15) is 0 Å². The van der Waals surface area contributed by atoms with Gasteiger partial charge in [0.25, 0.3) is 5.69 Å². The average Bonchev–Trinajstić information content (AvgIpc) is 2.59. The molecule has 0 aliphatic heterocycles. The Hall–Kier alpha value is -2.21. The number of nitro benzene ring substituents is 1. The molecule has 2 aromatic rings. The van der Waals surface area contributed by atoms with Crippen molar-refractivity contribution in [3.63, 3.8) is 0 Å². The van der Waals surface area contributed by atoms with E-state index in [0.29, 0.717) is 16.8 Å². The van der Waals surface area contributed by atoms with Crippen molar-refractivity contribution < 1.29 is 18.5 Å². The van der Waals surface area contributed by atoms with Crippen LogP contribution in [0.2, 0.25) is 0 Å². The van der Waals surface area contributed by atoms with Crippen LogP contribution >= 0.6 is 7.60 Å². The molecule has 2 aromatic carbocycles. The van der Waals surface area contributed by atoms with Crippen LogP contribution in [0.3, 0.4) is 0 Å². The van der Waals surface area contributed by atoms with Gasteiger partial charge in [-0.25, -0.2) is 0 Å². The van der Waals surface area contributed by atoms with E-state index in [1.807, 2.05) is 30.3 Å². The van der Waals surface area contributed by atoms with Crippen LogP contribution in [-0.2, 0) is 13.6 Å². The fourth-order valence-electron chi connectivity index (χ4n) is 2.77. The van der Waals surface area contributed by atoms with E-state index in [-0.39, 0.29) is 17.9 Å². The lowest BCUT2D eigenvalue weighted by molar-refractivity contribution is -0.385. The molecule has 0 saturated carbocycles. The maximum Gasteiger partial charge on any atom is 0.357 e. The number of aryl methyl sites for hydroxylation is 1. The van der Waals surface area contributed by atoms with E-state index in [4.69, 9.17) is 9.05 Å². The third-order valence-corrected chi connectivity index (χ3v) is 6.35. The van der Waals surface area contributed by atoms with Gasteiger partial charge in [0.15, 0.2) is 5.78 Å². The summed E-state index contributed by atoms with van der Waals surface area (Å²) >= 11 is 0. The second-order valence-corrected chi connectivity index (χ2v) is 9.08. The van der Waals surface area contributed by atoms with Gasteiger partial charge in [0.1, 0.15) is 0 Å². The van der Waals surface area contributed by atoms with E-state index in [9.17, 15) is 14.7 Å². The highest BCUT2D eigenvalue weighted by molar-refractivity contribution is 7.54. The molecule has 0 bridgehead atoms. The summed E-state index contributed by atoms with van der Waals surface area (Å²) in [7, 11) is -3.66. The molecule has 0 aliphatic carbocycles. The minimum atomic E-state index is -3.66. The third kappa shape index (κ3) is 5.64. The zero-order valence-electron chi connectivity index (χ0n) is 16.8. The minimum Gasteiger partial charge on any atom is -0.368 e. The molecule has 8 heteroatoms. The highest BCUT2D eigenvalue weighted by Gasteiger charge is 2.39. The van der Waals surface area contributed by atoms with Gasteiger partial charge < -0.3 is 14.4 Å². The Kier molecular flexibility index (Phi) is 7.35. The topological polar surface area (TPSA) is 90.7 Å². The second kappa shape index (κ2) is 9.32. The summed E-state index contributed by atoms with van der Waals surface area (Å²) in [5, 5.41) is 14.4. The van der Waals surface area contributed by atoms with Gasteiger partial charge in [0.05, 0.1) is 17.1 Å². The first-order valence-electron chi connectivity index (χ1n) is 9.15. The summed E-state index contributed by atoms with van der Waals surface area (Å²) < 4.78 is 25.3. The second-order valence-electron chi connectivity index (χ2n) is 7.06. The van der Waals surface area contributed by atoms with Crippen LogP contribution in [-0.4, -0.2) is 17.1 Å². The van der Waals surface area contributed by atoms with Gasteiger partial charge in [0, 0.05) is 17.3 Å². The molecule has 28 heavy (non-hydrogen) atoms. The Balaban J connectivity index is 2.52. The van der Waals surface area contributed by atoms with Crippen LogP contribution in [0, 0.1) is 17.0 Å². The normalized spacial score (nSPS) is 13.0. The summed E-state index contributed by atoms with van der Waals surface area (Å²) in [5.74, 6) is -0.819. The zero-order chi connectivity index (χ0) is 20.9. The van der Waals surface area contributed by atoms with E-state index in [1.165, 1.54) is 6.07 Å². The highest BCUT2D eigenvalue weighted by atomic mass is 31.2. The summed E-state index contributed by atoms with van der Waals surface area (Å²) in [4.78, 5) is 10.9. The smallest absolute Gasteiger partial charge is 0.357 e. The molecule has 1 N–H and O–H groups in total. The standard InChI is InChI=1S/C20H27N2O5P/c1-14(2)26-28(25,27-15(3)4)20(17-9-7-6-8-10-17)21-18-12-11-16(5)19(13-18)22(23)24/h6-15,20-21H,1-5H3. The first-order valence-corrected chi connectivity index (χ1v) is 10.8. The van der Waals surface area contributed by atoms with Crippen LogP contribution < -0.4 is 5.32 Å². The number of benzene rings is 2. The van der Waals surface area contributed by atoms with E-state index in [2.05, 4.69) is 5.32 Å². The number of rotatable bonds is 9. The third-order valence-electron chi connectivity index (χ3n) is 3.86. The molecule has 0 saturated heterocycles. The fourth-order valence-corrected chi connectivity index (χ4v) is 5.08. The van der Waals surface area contributed by atoms with Crippen LogP contribution in [0.15, 0.2) is 48.5 Å². The Morgan fingerprint density at radius 2 is 1.57 bits per heavy atom. The number of nitrogens with one attached hydrogen (secondary N) is 1. The largest absolute Gasteiger partial charge is 0.368 e. The van der Waals surface area contributed by atoms with Gasteiger partial charge in [-0.05, 0) is 46.2 Å². The van der Waals surface area contributed by atoms with Crippen molar-refractivity contribution in [1.82, 2.24) is 0 Å². The molecular formula is C20H27N2O5P. The van der Waals surface area contributed by atoms with E-state index < -0.39 is 18.3 Å². The summed E-state index contributed by atoms with van der Waals surface area (Å²) in [6.45, 7) is 8.82. The zero-order valence-corrected chi connectivity index (χ0v) is 17.7. The molecule has 2 rings (SSSR count). The Morgan fingerprint density at radius 1 is 1.00 bits per heavy atom. The monoisotopic (exact) mass is 406 g/mol. The average molecular weight is 406 g/mol. The molecule has 0 amide bonds. The molecule has 1 atom stereocenters. The molecule has 0 radical (unpaired) electrons. The Labute approximate surface area is 165 Å².